The number of methoxy groups -OCH3 is 1. The van der Waals surface area contributed by atoms with Gasteiger partial charge in [0.2, 0.25) is 0 Å². The van der Waals surface area contributed by atoms with E-state index in [9.17, 15) is 4.79 Å². The second-order valence-corrected chi connectivity index (χ2v) is 8.45. The topological polar surface area (TPSA) is 60.0 Å². The molecule has 1 aliphatic heterocycles. The fourth-order valence-corrected chi connectivity index (χ4v) is 3.71. The number of carbonyl (C=O) groups excluding carboxylic acids is 1. The molecule has 1 aliphatic rings. The number of morpholine rings is 1. The molecule has 0 aliphatic carbocycles. The number of hydrogen-bond donors (Lipinski definition) is 1. The minimum atomic E-state index is -0.210. The van der Waals surface area contributed by atoms with Crippen LogP contribution in [0.3, 0.4) is 0 Å². The third-order valence-electron chi connectivity index (χ3n) is 5.10. The van der Waals surface area contributed by atoms with Crippen LogP contribution in [0.5, 0.6) is 11.5 Å². The van der Waals surface area contributed by atoms with Crippen molar-refractivity contribution >= 4 is 17.5 Å². The maximum absolute atomic E-state index is 13.2. The monoisotopic (exact) mass is 446 g/mol. The molecule has 168 valence electrons. The highest BCUT2D eigenvalue weighted by molar-refractivity contribution is 6.32. The average Bonchev–Trinajstić information content (AvgIpc) is 2.78. The zero-order valence-electron chi connectivity index (χ0n) is 18.4. The van der Waals surface area contributed by atoms with Gasteiger partial charge in [-0.15, -0.1) is 0 Å². The largest absolute Gasteiger partial charge is 0.493 e. The minimum Gasteiger partial charge on any atom is -0.493 e. The minimum absolute atomic E-state index is 0.159. The first-order valence-corrected chi connectivity index (χ1v) is 11.0. The summed E-state index contributed by atoms with van der Waals surface area (Å²) >= 11 is 6.44. The molecule has 1 saturated heterocycles. The number of nitrogens with one attached hydrogen (secondary N) is 1. The number of carbonyl (C=O) groups is 1. The second-order valence-electron chi connectivity index (χ2n) is 8.04. The third kappa shape index (κ3) is 6.60. The van der Waals surface area contributed by atoms with Gasteiger partial charge >= 0.3 is 0 Å². The van der Waals surface area contributed by atoms with Gasteiger partial charge in [-0.05, 0) is 23.6 Å². The van der Waals surface area contributed by atoms with Gasteiger partial charge in [-0.2, -0.15) is 0 Å². The normalized spacial score (nSPS) is 15.5. The van der Waals surface area contributed by atoms with Crippen LogP contribution in [0.1, 0.15) is 35.8 Å². The van der Waals surface area contributed by atoms with E-state index in [1.54, 1.807) is 19.2 Å². The fourth-order valence-electron chi connectivity index (χ4n) is 3.44. The Balaban J connectivity index is 1.79. The van der Waals surface area contributed by atoms with E-state index < -0.39 is 0 Å². The van der Waals surface area contributed by atoms with E-state index in [0.717, 1.165) is 18.7 Å². The van der Waals surface area contributed by atoms with Crippen molar-refractivity contribution in [3.8, 4) is 11.5 Å². The zero-order valence-corrected chi connectivity index (χ0v) is 19.2. The van der Waals surface area contributed by atoms with Crippen LogP contribution in [0.25, 0.3) is 0 Å². The van der Waals surface area contributed by atoms with E-state index >= 15 is 0 Å². The van der Waals surface area contributed by atoms with Crippen molar-refractivity contribution in [1.82, 2.24) is 10.2 Å². The number of benzene rings is 2. The summed E-state index contributed by atoms with van der Waals surface area (Å²) in [5.74, 6) is 1.04. The Bertz CT molecular complexity index is 854. The Hall–Kier alpha value is -2.28. The van der Waals surface area contributed by atoms with Crippen molar-refractivity contribution in [2.75, 3.05) is 46.6 Å². The van der Waals surface area contributed by atoms with Crippen molar-refractivity contribution in [2.45, 2.75) is 19.9 Å². The highest BCUT2D eigenvalue weighted by atomic mass is 35.5. The van der Waals surface area contributed by atoms with Gasteiger partial charge < -0.3 is 19.5 Å². The summed E-state index contributed by atoms with van der Waals surface area (Å²) in [5.41, 5.74) is 1.49. The Labute approximate surface area is 189 Å². The van der Waals surface area contributed by atoms with E-state index in [2.05, 4.69) is 24.1 Å². The van der Waals surface area contributed by atoms with Crippen LogP contribution in [0.2, 0.25) is 5.02 Å². The molecule has 6 nitrogen and oxygen atoms in total. The van der Waals surface area contributed by atoms with Gasteiger partial charge in [0.1, 0.15) is 0 Å². The highest BCUT2D eigenvalue weighted by Gasteiger charge is 2.22. The zero-order chi connectivity index (χ0) is 22.2. The number of hydrogen-bond acceptors (Lipinski definition) is 5. The van der Waals surface area contributed by atoms with E-state index in [0.29, 0.717) is 54.4 Å². The quantitative estimate of drug-likeness (QED) is 0.626. The molecule has 1 fully saturated rings. The van der Waals surface area contributed by atoms with Crippen molar-refractivity contribution in [2.24, 2.45) is 5.92 Å². The van der Waals surface area contributed by atoms with Gasteiger partial charge in [0.05, 0.1) is 38.0 Å². The molecule has 0 saturated carbocycles. The van der Waals surface area contributed by atoms with Crippen molar-refractivity contribution in [3.05, 3.63) is 58.6 Å². The Morgan fingerprint density at radius 1 is 1.19 bits per heavy atom. The van der Waals surface area contributed by atoms with E-state index in [1.165, 1.54) is 0 Å². The lowest BCUT2D eigenvalue weighted by atomic mass is 10.0. The molecule has 1 N–H and O–H groups in total. The van der Waals surface area contributed by atoms with Gasteiger partial charge in [0, 0.05) is 25.2 Å². The van der Waals surface area contributed by atoms with Gasteiger partial charge in [-0.25, -0.2) is 0 Å². The number of halogens is 1. The van der Waals surface area contributed by atoms with Crippen LogP contribution >= 0.6 is 11.6 Å². The summed E-state index contributed by atoms with van der Waals surface area (Å²) in [4.78, 5) is 15.5. The van der Waals surface area contributed by atoms with Gasteiger partial charge in [-0.1, -0.05) is 55.8 Å². The first kappa shape index (κ1) is 23.4. The van der Waals surface area contributed by atoms with Gasteiger partial charge in [0.15, 0.2) is 11.5 Å². The molecule has 1 atom stereocenters. The molecule has 7 heteroatoms. The number of rotatable bonds is 9. The molecule has 2 aromatic rings. The summed E-state index contributed by atoms with van der Waals surface area (Å²) in [7, 11) is 1.54. The second kappa shape index (κ2) is 11.4. The standard InChI is InChI=1S/C24H31ClN2O4/c1-17(2)16-31-23-20(25)13-19(14-22(23)29-3)24(28)26-21(18-7-5-4-6-8-18)15-27-9-11-30-12-10-27/h4-8,13-14,17,21H,9-12,15-16H2,1-3H3,(H,26,28). The van der Waals surface area contributed by atoms with Crippen LogP contribution in [-0.4, -0.2) is 57.4 Å². The molecule has 1 heterocycles. The predicted octanol–water partition coefficient (Wildman–Crippen LogP) is 4.19. The first-order chi connectivity index (χ1) is 15.0. The summed E-state index contributed by atoms with van der Waals surface area (Å²) in [5, 5.41) is 3.52. The van der Waals surface area contributed by atoms with Crippen molar-refractivity contribution in [3.63, 3.8) is 0 Å². The van der Waals surface area contributed by atoms with Crippen molar-refractivity contribution < 1.29 is 19.0 Å². The third-order valence-corrected chi connectivity index (χ3v) is 5.39. The molecule has 31 heavy (non-hydrogen) atoms. The molecular formula is C24H31ClN2O4. The number of ether oxygens (including phenoxy) is 3. The van der Waals surface area contributed by atoms with E-state index in [1.807, 2.05) is 30.3 Å². The maximum Gasteiger partial charge on any atom is 0.252 e. The Kier molecular flexibility index (Phi) is 8.58. The van der Waals surface area contributed by atoms with Crippen LogP contribution in [0, 0.1) is 5.92 Å². The van der Waals surface area contributed by atoms with Crippen LogP contribution in [0.4, 0.5) is 0 Å². The lowest BCUT2D eigenvalue weighted by molar-refractivity contribution is 0.0332. The van der Waals surface area contributed by atoms with Crippen molar-refractivity contribution in [1.29, 1.82) is 0 Å². The van der Waals surface area contributed by atoms with E-state index in [4.69, 9.17) is 25.8 Å². The number of amides is 1. The van der Waals surface area contributed by atoms with Crippen LogP contribution in [0.15, 0.2) is 42.5 Å². The summed E-state index contributed by atoms with van der Waals surface area (Å²) < 4.78 is 16.7. The van der Waals surface area contributed by atoms with Gasteiger partial charge in [0.25, 0.3) is 5.91 Å². The molecule has 2 aromatic carbocycles. The van der Waals surface area contributed by atoms with Crippen LogP contribution < -0.4 is 14.8 Å². The lowest BCUT2D eigenvalue weighted by Crippen LogP contribution is -2.43. The molecule has 1 amide bonds. The predicted molar refractivity (Wildman–Crippen MR) is 122 cm³/mol. The maximum atomic E-state index is 13.2. The highest BCUT2D eigenvalue weighted by Crippen LogP contribution is 2.37. The molecule has 3 rings (SSSR count). The average molecular weight is 447 g/mol. The van der Waals surface area contributed by atoms with E-state index in [-0.39, 0.29) is 11.9 Å². The summed E-state index contributed by atoms with van der Waals surface area (Å²) in [6, 6.07) is 13.1. The Morgan fingerprint density at radius 3 is 2.55 bits per heavy atom. The van der Waals surface area contributed by atoms with Crippen LogP contribution in [-0.2, 0) is 4.74 Å². The molecule has 0 spiro atoms. The summed E-state index contributed by atoms with van der Waals surface area (Å²) in [6.07, 6.45) is 0. The Morgan fingerprint density at radius 2 is 1.90 bits per heavy atom. The lowest BCUT2D eigenvalue weighted by Gasteiger charge is -2.31. The molecule has 0 aromatic heterocycles. The SMILES string of the molecule is COc1cc(C(=O)NC(CN2CCOCC2)c2ccccc2)cc(Cl)c1OCC(C)C. The fraction of sp³-hybridized carbons (Fsp3) is 0.458. The van der Waals surface area contributed by atoms with Gasteiger partial charge in [-0.3, -0.25) is 9.69 Å². The molecule has 1 unspecified atom stereocenters. The molecule has 0 radical (unpaired) electrons. The molecule has 0 bridgehead atoms. The molecular weight excluding hydrogens is 416 g/mol. The number of nitrogens with zero attached hydrogens (tertiary/aromatic N) is 1. The smallest absolute Gasteiger partial charge is 0.252 e. The first-order valence-electron chi connectivity index (χ1n) is 10.6. The summed E-state index contributed by atoms with van der Waals surface area (Å²) in [6.45, 7) is 8.44.